The highest BCUT2D eigenvalue weighted by atomic mass is 79.9. The Morgan fingerprint density at radius 3 is 3.21 bits per heavy atom. The molecule has 2 saturated carbocycles. The van der Waals surface area contributed by atoms with E-state index in [1.807, 2.05) is 6.33 Å². The second-order valence-electron chi connectivity index (χ2n) is 4.60. The first-order chi connectivity index (χ1) is 6.88. The predicted octanol–water partition coefficient (Wildman–Crippen LogP) is 3.14. The summed E-state index contributed by atoms with van der Waals surface area (Å²) in [5.41, 5.74) is 1.16. The predicted molar refractivity (Wildman–Crippen MR) is 59.3 cm³/mol. The summed E-state index contributed by atoms with van der Waals surface area (Å²) >= 11 is 3.44. The van der Waals surface area contributed by atoms with E-state index in [9.17, 15) is 0 Å². The van der Waals surface area contributed by atoms with Crippen molar-refractivity contribution in [2.45, 2.75) is 37.1 Å². The number of hydrogen-bond acceptors (Lipinski definition) is 1. The lowest BCUT2D eigenvalue weighted by molar-refractivity contribution is 0.331. The Kier molecular flexibility index (Phi) is 2.15. The Balaban J connectivity index is 1.80. The van der Waals surface area contributed by atoms with Crippen molar-refractivity contribution < 1.29 is 0 Å². The molecule has 0 bridgehead atoms. The SMILES string of the molecule is BrCc1cn(C2CCCC3CC32)cn1. The van der Waals surface area contributed by atoms with Gasteiger partial charge in [-0.15, -0.1) is 0 Å². The number of nitrogens with zero attached hydrogens (tertiary/aromatic N) is 2. The van der Waals surface area contributed by atoms with Crippen LogP contribution in [-0.4, -0.2) is 9.55 Å². The monoisotopic (exact) mass is 254 g/mol. The fourth-order valence-electron chi connectivity index (χ4n) is 2.88. The Morgan fingerprint density at radius 2 is 2.43 bits per heavy atom. The van der Waals surface area contributed by atoms with Crippen molar-refractivity contribution in [1.29, 1.82) is 0 Å². The molecule has 3 unspecified atom stereocenters. The Hall–Kier alpha value is -0.310. The molecule has 14 heavy (non-hydrogen) atoms. The van der Waals surface area contributed by atoms with E-state index in [0.717, 1.165) is 28.9 Å². The van der Waals surface area contributed by atoms with Crippen LogP contribution in [0.4, 0.5) is 0 Å². The standard InChI is InChI=1S/C11H15BrN2/c12-5-9-6-14(7-13-9)11-3-1-2-8-4-10(8)11/h6-8,10-11H,1-5H2. The van der Waals surface area contributed by atoms with Crippen LogP contribution >= 0.6 is 15.9 Å². The summed E-state index contributed by atoms with van der Waals surface area (Å²) in [5.74, 6) is 2.02. The topological polar surface area (TPSA) is 17.8 Å². The summed E-state index contributed by atoms with van der Waals surface area (Å²) < 4.78 is 2.35. The summed E-state index contributed by atoms with van der Waals surface area (Å²) in [6, 6.07) is 0.758. The molecule has 0 spiro atoms. The third-order valence-electron chi connectivity index (χ3n) is 3.72. The number of halogens is 1. The van der Waals surface area contributed by atoms with Gasteiger partial charge in [0.2, 0.25) is 0 Å². The number of hydrogen-bond donors (Lipinski definition) is 0. The Labute approximate surface area is 92.8 Å². The lowest BCUT2D eigenvalue weighted by Gasteiger charge is -2.22. The van der Waals surface area contributed by atoms with E-state index in [-0.39, 0.29) is 0 Å². The summed E-state index contributed by atoms with van der Waals surface area (Å²) in [6.45, 7) is 0. The molecule has 2 aliphatic rings. The molecule has 76 valence electrons. The van der Waals surface area contributed by atoms with Gasteiger partial charge < -0.3 is 4.57 Å². The molecule has 2 aliphatic carbocycles. The van der Waals surface area contributed by atoms with Crippen molar-refractivity contribution in [2.75, 3.05) is 0 Å². The highest BCUT2D eigenvalue weighted by molar-refractivity contribution is 9.08. The van der Waals surface area contributed by atoms with Gasteiger partial charge in [-0.3, -0.25) is 0 Å². The zero-order valence-corrected chi connectivity index (χ0v) is 9.78. The molecule has 0 aromatic carbocycles. The van der Waals surface area contributed by atoms with Gasteiger partial charge in [-0.05, 0) is 24.7 Å². The number of aromatic nitrogens is 2. The minimum Gasteiger partial charge on any atom is -0.334 e. The first-order valence-electron chi connectivity index (χ1n) is 5.47. The van der Waals surface area contributed by atoms with Crippen LogP contribution in [0.3, 0.4) is 0 Å². The molecule has 2 nitrogen and oxygen atoms in total. The second kappa shape index (κ2) is 3.37. The fourth-order valence-corrected chi connectivity index (χ4v) is 3.17. The average Bonchev–Trinajstić information content (AvgIpc) is 2.86. The van der Waals surface area contributed by atoms with Crippen molar-refractivity contribution in [2.24, 2.45) is 11.8 Å². The maximum atomic E-state index is 4.38. The van der Waals surface area contributed by atoms with Gasteiger partial charge in [0.1, 0.15) is 0 Å². The van der Waals surface area contributed by atoms with Gasteiger partial charge in [0.15, 0.2) is 0 Å². The minimum absolute atomic E-state index is 0.758. The fraction of sp³-hybridized carbons (Fsp3) is 0.727. The van der Waals surface area contributed by atoms with Crippen molar-refractivity contribution in [3.8, 4) is 0 Å². The molecule has 0 saturated heterocycles. The van der Waals surface area contributed by atoms with E-state index in [2.05, 4.69) is 31.7 Å². The number of imidazole rings is 1. The normalized spacial score (nSPS) is 35.4. The first kappa shape index (κ1) is 8.96. The molecule has 3 atom stereocenters. The summed E-state index contributed by atoms with van der Waals surface area (Å²) in [7, 11) is 0. The van der Waals surface area contributed by atoms with Crippen LogP contribution < -0.4 is 0 Å². The summed E-state index contributed by atoms with van der Waals surface area (Å²) in [4.78, 5) is 4.38. The molecule has 0 radical (unpaired) electrons. The molecular formula is C11H15BrN2. The molecule has 0 N–H and O–H groups in total. The molecule has 0 amide bonds. The van der Waals surface area contributed by atoms with Gasteiger partial charge in [0, 0.05) is 17.6 Å². The number of alkyl halides is 1. The van der Waals surface area contributed by atoms with Crippen LogP contribution in [0, 0.1) is 11.8 Å². The number of fused-ring (bicyclic) bond motifs is 1. The van der Waals surface area contributed by atoms with E-state index >= 15 is 0 Å². The quantitative estimate of drug-likeness (QED) is 0.742. The van der Waals surface area contributed by atoms with Crippen molar-refractivity contribution in [3.05, 3.63) is 18.2 Å². The van der Waals surface area contributed by atoms with Gasteiger partial charge in [-0.2, -0.15) is 0 Å². The van der Waals surface area contributed by atoms with Gasteiger partial charge in [0.25, 0.3) is 0 Å². The Morgan fingerprint density at radius 1 is 1.50 bits per heavy atom. The third-order valence-corrected chi connectivity index (χ3v) is 4.30. The molecule has 1 aromatic rings. The second-order valence-corrected chi connectivity index (χ2v) is 5.16. The van der Waals surface area contributed by atoms with Crippen LogP contribution in [0.1, 0.15) is 37.4 Å². The maximum absolute atomic E-state index is 4.38. The van der Waals surface area contributed by atoms with Gasteiger partial charge >= 0.3 is 0 Å². The highest BCUT2D eigenvalue weighted by Crippen LogP contribution is 2.54. The van der Waals surface area contributed by atoms with Crippen LogP contribution in [0.25, 0.3) is 0 Å². The van der Waals surface area contributed by atoms with Gasteiger partial charge in [-0.1, -0.05) is 28.8 Å². The van der Waals surface area contributed by atoms with Crippen molar-refractivity contribution in [3.63, 3.8) is 0 Å². The van der Waals surface area contributed by atoms with Crippen LogP contribution in [0.2, 0.25) is 0 Å². The van der Waals surface area contributed by atoms with Crippen LogP contribution in [0.15, 0.2) is 12.5 Å². The average molecular weight is 255 g/mol. The smallest absolute Gasteiger partial charge is 0.0952 e. The van der Waals surface area contributed by atoms with E-state index in [0.29, 0.717) is 0 Å². The van der Waals surface area contributed by atoms with Crippen molar-refractivity contribution in [1.82, 2.24) is 9.55 Å². The number of rotatable bonds is 2. The zero-order valence-electron chi connectivity index (χ0n) is 8.19. The van der Waals surface area contributed by atoms with E-state index in [1.54, 1.807) is 0 Å². The minimum atomic E-state index is 0.758. The molecule has 2 fully saturated rings. The first-order valence-corrected chi connectivity index (χ1v) is 6.59. The molecule has 3 heteroatoms. The van der Waals surface area contributed by atoms with Crippen molar-refractivity contribution >= 4 is 15.9 Å². The summed E-state index contributed by atoms with van der Waals surface area (Å²) in [5, 5.41) is 0.876. The molecule has 3 rings (SSSR count). The maximum Gasteiger partial charge on any atom is 0.0952 e. The molecule has 1 heterocycles. The van der Waals surface area contributed by atoms with E-state index < -0.39 is 0 Å². The lowest BCUT2D eigenvalue weighted by Crippen LogP contribution is -2.14. The largest absolute Gasteiger partial charge is 0.334 e. The molecule has 1 aromatic heterocycles. The van der Waals surface area contributed by atoms with Crippen LogP contribution in [-0.2, 0) is 5.33 Å². The van der Waals surface area contributed by atoms with Gasteiger partial charge in [-0.25, -0.2) is 4.98 Å². The Bertz CT molecular complexity index is 334. The van der Waals surface area contributed by atoms with E-state index in [4.69, 9.17) is 0 Å². The van der Waals surface area contributed by atoms with E-state index in [1.165, 1.54) is 25.7 Å². The highest BCUT2D eigenvalue weighted by Gasteiger charge is 2.45. The molecule has 0 aliphatic heterocycles. The third kappa shape index (κ3) is 1.42. The zero-order chi connectivity index (χ0) is 9.54. The van der Waals surface area contributed by atoms with Crippen LogP contribution in [0.5, 0.6) is 0 Å². The summed E-state index contributed by atoms with van der Waals surface area (Å²) in [6.07, 6.45) is 9.93. The van der Waals surface area contributed by atoms with Gasteiger partial charge in [0.05, 0.1) is 12.0 Å². The molecular weight excluding hydrogens is 240 g/mol. The lowest BCUT2D eigenvalue weighted by atomic mass is 9.95.